The van der Waals surface area contributed by atoms with Crippen molar-refractivity contribution in [1.29, 1.82) is 0 Å². The maximum atomic E-state index is 12.4. The van der Waals surface area contributed by atoms with Gasteiger partial charge in [-0.05, 0) is 119 Å². The second-order valence-corrected chi connectivity index (χ2v) is 15.2. The fraction of sp³-hybridized carbons (Fsp3) is 0.886. The molecule has 0 aromatic carbocycles. The number of aliphatic hydroxyl groups is 3. The lowest BCUT2D eigenvalue weighted by atomic mass is 9.48. The van der Waals surface area contributed by atoms with Crippen molar-refractivity contribution < 1.29 is 34.3 Å². The van der Waals surface area contributed by atoms with Gasteiger partial charge >= 0.3 is 0 Å². The molecule has 6 fully saturated rings. The summed E-state index contributed by atoms with van der Waals surface area (Å²) in [6, 6.07) is 0. The number of aliphatic hydroxyl groups excluding tert-OH is 1. The Balaban J connectivity index is 1.18. The number of hydrogen-bond acceptors (Lipinski definition) is 7. The standard InChI is InChI=1S/C35H54O7/c1-32-21-27(25-8-6-24(22-36)7-9-25)31-26(10-14-33(37)23-35(16-12-29(31)33)41-19-20-42-35)28(32)11-15-34(32,38)13-4-18-40-30-5-2-3-17-39-30/h4,13,24-28,30,36-38H,2-3,5-12,14-23H2,1H3/b13-4-/t24?,25?,26?,27-,28?,30?,32+,33-,34+/m1/s1. The van der Waals surface area contributed by atoms with E-state index in [-0.39, 0.29) is 18.3 Å². The first-order valence-corrected chi connectivity index (χ1v) is 17.3. The zero-order valence-electron chi connectivity index (χ0n) is 25.7. The number of ether oxygens (including phenoxy) is 4. The molecule has 0 aromatic rings. The van der Waals surface area contributed by atoms with E-state index < -0.39 is 17.0 Å². The van der Waals surface area contributed by atoms with Crippen LogP contribution < -0.4 is 0 Å². The highest BCUT2D eigenvalue weighted by Crippen LogP contribution is 2.68. The molecule has 236 valence electrons. The summed E-state index contributed by atoms with van der Waals surface area (Å²) in [5, 5.41) is 34.5. The minimum Gasteiger partial charge on any atom is -0.396 e. The van der Waals surface area contributed by atoms with Gasteiger partial charge in [-0.2, -0.15) is 0 Å². The zero-order chi connectivity index (χ0) is 29.0. The molecule has 1 spiro atoms. The minimum absolute atomic E-state index is 0.122. The average Bonchev–Trinajstić information content (AvgIpc) is 3.56. The second-order valence-electron chi connectivity index (χ2n) is 15.2. The van der Waals surface area contributed by atoms with Gasteiger partial charge in [0.15, 0.2) is 12.1 Å². The Morgan fingerprint density at radius 2 is 1.71 bits per heavy atom. The maximum absolute atomic E-state index is 12.4. The molecule has 7 rings (SSSR count). The molecular formula is C35H54O7. The number of fused-ring (bicyclic) bond motifs is 4. The maximum Gasteiger partial charge on any atom is 0.171 e. The highest BCUT2D eigenvalue weighted by atomic mass is 16.7. The molecule has 4 saturated carbocycles. The van der Waals surface area contributed by atoms with Crippen LogP contribution in [0.5, 0.6) is 0 Å². The van der Waals surface area contributed by atoms with E-state index in [9.17, 15) is 15.3 Å². The molecule has 7 heteroatoms. The third kappa shape index (κ3) is 5.07. The molecular weight excluding hydrogens is 532 g/mol. The van der Waals surface area contributed by atoms with Crippen LogP contribution in [0.3, 0.4) is 0 Å². The topological polar surface area (TPSA) is 97.6 Å². The molecule has 3 unspecified atom stereocenters. The van der Waals surface area contributed by atoms with E-state index in [1.165, 1.54) is 5.57 Å². The summed E-state index contributed by atoms with van der Waals surface area (Å²) in [7, 11) is 0. The van der Waals surface area contributed by atoms with E-state index in [2.05, 4.69) is 13.0 Å². The van der Waals surface area contributed by atoms with Gasteiger partial charge < -0.3 is 34.3 Å². The summed E-state index contributed by atoms with van der Waals surface area (Å²) in [6.45, 7) is 5.13. The highest BCUT2D eigenvalue weighted by Gasteiger charge is 2.64. The van der Waals surface area contributed by atoms with Gasteiger partial charge in [-0.15, -0.1) is 0 Å². The summed E-state index contributed by atoms with van der Waals surface area (Å²) in [5.74, 6) is 1.51. The van der Waals surface area contributed by atoms with Crippen molar-refractivity contribution in [3.8, 4) is 0 Å². The fourth-order valence-electron chi connectivity index (χ4n) is 10.8. The van der Waals surface area contributed by atoms with Crippen molar-refractivity contribution in [2.24, 2.45) is 35.0 Å². The Hall–Kier alpha value is -0.800. The predicted molar refractivity (Wildman–Crippen MR) is 158 cm³/mol. The van der Waals surface area contributed by atoms with Gasteiger partial charge in [-0.3, -0.25) is 0 Å². The second kappa shape index (κ2) is 11.5. The number of hydrogen-bond donors (Lipinski definition) is 3. The zero-order valence-corrected chi connectivity index (χ0v) is 25.7. The van der Waals surface area contributed by atoms with E-state index in [0.29, 0.717) is 55.8 Å². The van der Waals surface area contributed by atoms with Crippen LogP contribution in [0.25, 0.3) is 0 Å². The molecule has 7 aliphatic rings. The lowest BCUT2D eigenvalue weighted by Gasteiger charge is -2.58. The summed E-state index contributed by atoms with van der Waals surface area (Å²) in [6.07, 6.45) is 18.3. The van der Waals surface area contributed by atoms with Crippen LogP contribution in [0, 0.1) is 35.0 Å². The normalized spacial score (nSPS) is 47.0. The van der Waals surface area contributed by atoms with Crippen LogP contribution in [0.4, 0.5) is 0 Å². The monoisotopic (exact) mass is 586 g/mol. The minimum atomic E-state index is -0.860. The summed E-state index contributed by atoms with van der Waals surface area (Å²) >= 11 is 0. The van der Waals surface area contributed by atoms with Crippen molar-refractivity contribution in [2.45, 2.75) is 127 Å². The third-order valence-corrected chi connectivity index (χ3v) is 13.1. The van der Waals surface area contributed by atoms with Gasteiger partial charge in [0.2, 0.25) is 0 Å². The molecule has 0 radical (unpaired) electrons. The van der Waals surface area contributed by atoms with Crippen LogP contribution in [0.2, 0.25) is 0 Å². The van der Waals surface area contributed by atoms with Crippen LogP contribution in [0.15, 0.2) is 23.3 Å². The van der Waals surface area contributed by atoms with E-state index >= 15 is 0 Å². The quantitative estimate of drug-likeness (QED) is 0.358. The summed E-state index contributed by atoms with van der Waals surface area (Å²) < 4.78 is 24.0. The van der Waals surface area contributed by atoms with Gasteiger partial charge in [0.05, 0.1) is 31.0 Å². The number of allylic oxidation sites excluding steroid dienone is 1. The van der Waals surface area contributed by atoms with Gasteiger partial charge in [0.25, 0.3) is 0 Å². The molecule has 2 heterocycles. The van der Waals surface area contributed by atoms with E-state index in [1.807, 2.05) is 6.08 Å². The average molecular weight is 587 g/mol. The number of rotatable bonds is 6. The molecule has 0 amide bonds. The lowest BCUT2D eigenvalue weighted by Crippen LogP contribution is -2.56. The van der Waals surface area contributed by atoms with Crippen molar-refractivity contribution >= 4 is 0 Å². The molecule has 0 aromatic heterocycles. The highest BCUT2D eigenvalue weighted by molar-refractivity contribution is 5.38. The first kappa shape index (κ1) is 29.9. The molecule has 7 atom stereocenters. The Morgan fingerprint density at radius 3 is 2.45 bits per heavy atom. The fourth-order valence-corrected chi connectivity index (χ4v) is 10.8. The first-order valence-electron chi connectivity index (χ1n) is 17.3. The Bertz CT molecular complexity index is 1040. The first-order chi connectivity index (χ1) is 20.3. The Morgan fingerprint density at radius 1 is 0.905 bits per heavy atom. The van der Waals surface area contributed by atoms with Gasteiger partial charge in [0, 0.05) is 31.5 Å². The van der Waals surface area contributed by atoms with Crippen molar-refractivity contribution in [3.63, 3.8) is 0 Å². The van der Waals surface area contributed by atoms with Gasteiger partial charge in [-0.1, -0.05) is 24.6 Å². The summed E-state index contributed by atoms with van der Waals surface area (Å²) in [4.78, 5) is 0. The molecule has 0 bridgehead atoms. The van der Waals surface area contributed by atoms with Crippen LogP contribution >= 0.6 is 0 Å². The van der Waals surface area contributed by atoms with Crippen LogP contribution in [0.1, 0.15) is 103 Å². The SMILES string of the molecule is C[C@]12C[C@H](C3CCC(CO)CC3)C3=C4CCC5(C[C@]4(O)CCC3C1CC[C@@]2(O)/C=C\COC1CCCCO1)OCCO5. The Kier molecular flexibility index (Phi) is 8.20. The molecule has 42 heavy (non-hydrogen) atoms. The van der Waals surface area contributed by atoms with Gasteiger partial charge in [0.1, 0.15) is 0 Å². The predicted octanol–water partition coefficient (Wildman–Crippen LogP) is 5.42. The van der Waals surface area contributed by atoms with Crippen LogP contribution in [-0.2, 0) is 18.9 Å². The van der Waals surface area contributed by atoms with E-state index in [4.69, 9.17) is 18.9 Å². The molecule has 2 aliphatic heterocycles. The van der Waals surface area contributed by atoms with Crippen LogP contribution in [-0.4, -0.2) is 71.6 Å². The van der Waals surface area contributed by atoms with Crippen molar-refractivity contribution in [3.05, 3.63) is 23.3 Å². The summed E-state index contributed by atoms with van der Waals surface area (Å²) in [5.41, 5.74) is 0.919. The smallest absolute Gasteiger partial charge is 0.171 e. The molecule has 2 saturated heterocycles. The third-order valence-electron chi connectivity index (χ3n) is 13.1. The van der Waals surface area contributed by atoms with Crippen molar-refractivity contribution in [2.75, 3.05) is 33.0 Å². The lowest BCUT2D eigenvalue weighted by molar-refractivity contribution is -0.209. The molecule has 5 aliphatic carbocycles. The molecule has 7 nitrogen and oxygen atoms in total. The molecule has 3 N–H and O–H groups in total. The van der Waals surface area contributed by atoms with Crippen molar-refractivity contribution in [1.82, 2.24) is 0 Å². The van der Waals surface area contributed by atoms with E-state index in [1.54, 1.807) is 5.57 Å². The van der Waals surface area contributed by atoms with E-state index in [0.717, 1.165) is 96.5 Å². The largest absolute Gasteiger partial charge is 0.396 e. The van der Waals surface area contributed by atoms with Gasteiger partial charge in [-0.25, -0.2) is 0 Å². The Labute approximate surface area is 252 Å².